The van der Waals surface area contributed by atoms with Crippen molar-refractivity contribution < 1.29 is 0 Å². The van der Waals surface area contributed by atoms with E-state index in [2.05, 4.69) is 162 Å². The van der Waals surface area contributed by atoms with E-state index < -0.39 is 0 Å². The Hall–Kier alpha value is -10.2. The maximum atomic E-state index is 3.98. The second-order valence-corrected chi connectivity index (χ2v) is 22.7. The highest BCUT2D eigenvalue weighted by molar-refractivity contribution is 7.10. The molecule has 0 radical (unpaired) electrons. The highest BCUT2D eigenvalue weighted by atomic mass is 32.1. The lowest BCUT2D eigenvalue weighted by atomic mass is 10.2. The van der Waals surface area contributed by atoms with Gasteiger partial charge in [0.15, 0.2) is 0 Å². The molecule has 0 atom stereocenters. The molecule has 14 rings (SSSR count). The van der Waals surface area contributed by atoms with Crippen LogP contribution in [0.5, 0.6) is 0 Å². The lowest BCUT2D eigenvalue weighted by Crippen LogP contribution is -1.80. The lowest BCUT2D eigenvalue weighted by Gasteiger charge is -1.82. The fourth-order valence-corrected chi connectivity index (χ4v) is 7.46. The molecule has 0 spiro atoms. The van der Waals surface area contributed by atoms with Gasteiger partial charge in [-0.2, -0.15) is 21.5 Å². The largest absolute Gasteiger partial charge is 0.266 e. The van der Waals surface area contributed by atoms with Gasteiger partial charge in [0.05, 0.1) is 16.4 Å². The zero-order valence-electron chi connectivity index (χ0n) is 84.9. The highest BCUT2D eigenvalue weighted by Gasteiger charge is 1.86. The Balaban J connectivity index is -0.0000000421. The summed E-state index contributed by atoms with van der Waals surface area (Å²) >= 11 is 5.18. The summed E-state index contributed by atoms with van der Waals surface area (Å²) in [5.41, 5.74) is 12.7. The van der Waals surface area contributed by atoms with Crippen LogP contribution in [0, 0.1) is 90.0 Å². The number of aliphatic imine (C=N–C) groups is 1. The minimum absolute atomic E-state index is 0. The van der Waals surface area contributed by atoms with E-state index in [9.17, 15) is 0 Å². The van der Waals surface area contributed by atoms with E-state index in [-0.39, 0.29) is 74.3 Å². The summed E-state index contributed by atoms with van der Waals surface area (Å²) in [7, 11) is 0. The quantitative estimate of drug-likeness (QED) is 0.140. The maximum Gasteiger partial charge on any atom is 0.125 e. The van der Waals surface area contributed by atoms with Gasteiger partial charge in [-0.05, 0) is 202 Å². The third-order valence-corrected chi connectivity index (χ3v) is 12.9. The summed E-state index contributed by atoms with van der Waals surface area (Å²) < 4.78 is 0. The first-order valence-corrected chi connectivity index (χ1v) is 46.7. The number of hydrogen-bond acceptors (Lipinski definition) is 17. The van der Waals surface area contributed by atoms with Gasteiger partial charge >= 0.3 is 0 Å². The Morgan fingerprint density at radius 2 is 0.606 bits per heavy atom. The Morgan fingerprint density at radius 1 is 0.242 bits per heavy atom. The van der Waals surface area contributed by atoms with Gasteiger partial charge in [-0.1, -0.05) is 376 Å². The van der Waals surface area contributed by atoms with Crippen LogP contribution in [0.3, 0.4) is 0 Å². The predicted molar refractivity (Wildman–Crippen MR) is 623 cm³/mol. The smallest absolute Gasteiger partial charge is 0.125 e. The van der Waals surface area contributed by atoms with E-state index in [0.717, 1.165) is 51.3 Å². The Labute approximate surface area is 838 Å². The first-order valence-electron chi connectivity index (χ1n) is 44.0. The molecule has 0 fully saturated rings. The maximum absolute atomic E-state index is 3.98. The van der Waals surface area contributed by atoms with Gasteiger partial charge < -0.3 is 0 Å². The number of rotatable bonds is 0. The van der Waals surface area contributed by atoms with Gasteiger partial charge in [-0.3, -0.25) is 39.9 Å². The summed E-state index contributed by atoms with van der Waals surface area (Å²) in [6, 6.07) is 52.0. The average Bonchev–Trinajstić information content (AvgIpc) is 1.91. The minimum atomic E-state index is 0. The summed E-state index contributed by atoms with van der Waals surface area (Å²) in [5.74, 6) is 0.822. The Kier molecular flexibility index (Phi) is 255. The van der Waals surface area contributed by atoms with Crippen molar-refractivity contribution in [2.75, 3.05) is 0 Å². The fourth-order valence-electron chi connectivity index (χ4n) is 5.82. The molecule has 0 saturated carbocycles. The summed E-state index contributed by atoms with van der Waals surface area (Å²) in [6.45, 7) is 84.0. The van der Waals surface area contributed by atoms with Crippen LogP contribution in [0.15, 0.2) is 295 Å². The standard InChI is InChI=1S/2C7H8.4C6H7N.4C5H6N2.C5H7N.2C5H6S.C4H5NS.14C2H6.10CH4/c2*1-7-5-3-2-4-6-7;2*1-6-3-2-4-7-5-6;2*1-6-4-2-3-5-7-6;1-5-2-6-4-7-3-5;1-5-4-6-2-3-7-5;1-5-6-3-2-4-7-5;1-5-3-2-4-6-7-5;1-5-3-2-4-6-5;1-5-2-3-6-4-5;1-5-3-2-4-6-5;1-4-5-2-3-6-4;14*1-2;;;;;;;;;;/h2*2-6H,1H3;4*2-5H,1H3;4*2-4H,1H3;3-4H,2H2,1H3;2*2-4H,1H3;2-3H,1H3;14*1-2H3;10*1H4. The number of nitrogens with zero attached hydrogens (tertiary/aromatic N) is 14. The van der Waals surface area contributed by atoms with Gasteiger partial charge in [0, 0.05) is 133 Å². The van der Waals surface area contributed by atoms with Gasteiger partial charge in [-0.15, -0.1) is 22.7 Å². The predicted octanol–water partition coefficient (Wildman–Crippen LogP) is 40.3. The molecule has 0 amide bonds. The molecule has 132 heavy (non-hydrogen) atoms. The molecule has 1 aliphatic rings. The SMILES string of the molecule is C.C.C.C.C.C.C.C.C.C.CC.CC.CC.CC.CC.CC.CC.CC.CC.CC.CC.CC.CC.CC.CC1=CCC=N1.Cc1ccccc1.Cc1ccccc1.Cc1ccccn1.Cc1ccccn1.Cc1cccnc1.Cc1cccnc1.Cc1cccnn1.Cc1cccs1.Cc1ccsc1.Cc1cnccn1.Cc1cncnc1.Cc1ncccn1.Cc1nccs1. The van der Waals surface area contributed by atoms with E-state index in [1.807, 2.05) is 396 Å². The zero-order chi connectivity index (χ0) is 96.8. The normalized spacial score (nSPS) is 7.30. The first kappa shape index (κ1) is 186. The number of benzene rings is 2. The second kappa shape index (κ2) is 181. The molecule has 0 unspecified atom stereocenters. The van der Waals surface area contributed by atoms with Crippen molar-refractivity contribution in [3.8, 4) is 0 Å². The Morgan fingerprint density at radius 3 is 0.742 bits per heavy atom. The van der Waals surface area contributed by atoms with Crippen molar-refractivity contribution in [3.63, 3.8) is 0 Å². The van der Waals surface area contributed by atoms with Crippen molar-refractivity contribution in [2.24, 2.45) is 4.99 Å². The van der Waals surface area contributed by atoms with Crippen molar-refractivity contribution >= 4 is 40.2 Å². The number of hydrogen-bond donors (Lipinski definition) is 0. The molecule has 0 bridgehead atoms. The molecule has 2 aromatic carbocycles. The minimum Gasteiger partial charge on any atom is -0.266 e. The summed E-state index contributed by atoms with van der Waals surface area (Å²) in [6.07, 6.45) is 32.9. The zero-order valence-corrected chi connectivity index (χ0v) is 87.4. The number of pyridine rings is 4. The Bertz CT molecular complexity index is 2990. The van der Waals surface area contributed by atoms with Gasteiger partial charge in [-0.25, -0.2) is 19.9 Å². The van der Waals surface area contributed by atoms with E-state index in [0.29, 0.717) is 0 Å². The van der Waals surface area contributed by atoms with E-state index >= 15 is 0 Å². The molecule has 13 aromatic rings. The molecule has 12 heterocycles. The third kappa shape index (κ3) is 177. The molecular weight excluding hydrogens is 1670 g/mol. The van der Waals surface area contributed by atoms with Crippen LogP contribution in [-0.4, -0.2) is 71.2 Å². The molecule has 0 aliphatic carbocycles. The lowest BCUT2D eigenvalue weighted by molar-refractivity contribution is 0.980. The van der Waals surface area contributed by atoms with Crippen LogP contribution in [-0.2, 0) is 0 Å². The molecule has 1 aliphatic heterocycles. The van der Waals surface area contributed by atoms with E-state index in [1.165, 1.54) is 39.0 Å². The summed E-state index contributed by atoms with van der Waals surface area (Å²) in [4.78, 5) is 48.0. The van der Waals surface area contributed by atoms with Crippen molar-refractivity contribution in [3.05, 3.63) is 362 Å². The molecule has 0 N–H and O–H groups in total. The third-order valence-electron chi connectivity index (χ3n) is 10.6. The first-order chi connectivity index (χ1) is 59.5. The van der Waals surface area contributed by atoms with Crippen LogP contribution in [0.25, 0.3) is 0 Å². The molecule has 17 heteroatoms. The van der Waals surface area contributed by atoms with Crippen LogP contribution in [0.2, 0.25) is 0 Å². The van der Waals surface area contributed by atoms with Crippen LogP contribution < -0.4 is 0 Å². The van der Waals surface area contributed by atoms with Crippen molar-refractivity contribution in [2.45, 2.75) is 371 Å². The average molecular weight is 1890 g/mol. The van der Waals surface area contributed by atoms with Gasteiger partial charge in [0.25, 0.3) is 0 Å². The fraction of sp³-hybridized carbons (Fsp3) is 0.461. The second-order valence-electron chi connectivity index (χ2n) is 19.7. The van der Waals surface area contributed by atoms with E-state index in [4.69, 9.17) is 0 Å². The number of thiazole rings is 1. The molecule has 0 saturated heterocycles. The molecule has 764 valence electrons. The van der Waals surface area contributed by atoms with Crippen molar-refractivity contribution in [1.29, 1.82) is 0 Å². The highest BCUT2D eigenvalue weighted by Crippen LogP contribution is 2.05. The van der Waals surface area contributed by atoms with E-state index in [1.54, 1.807) is 121 Å². The topological polar surface area (TPSA) is 180 Å². The number of aryl methyl sites for hydroxylation is 13. The van der Waals surface area contributed by atoms with Gasteiger partial charge in [0.2, 0.25) is 0 Å². The molecular formula is C115H216N14S3. The molecule has 11 aromatic heterocycles. The number of allylic oxidation sites excluding steroid dienone is 2. The molecule has 14 nitrogen and oxygen atoms in total. The summed E-state index contributed by atoms with van der Waals surface area (Å²) in [5, 5.41) is 16.7. The van der Waals surface area contributed by atoms with Crippen molar-refractivity contribution in [1.82, 2.24) is 65.0 Å². The van der Waals surface area contributed by atoms with Gasteiger partial charge in [0.1, 0.15) is 12.2 Å². The number of thiophene rings is 2. The monoisotopic (exact) mass is 1890 g/mol. The van der Waals surface area contributed by atoms with Crippen LogP contribution in [0.4, 0.5) is 0 Å². The van der Waals surface area contributed by atoms with Crippen LogP contribution in [0.1, 0.15) is 353 Å². The van der Waals surface area contributed by atoms with Crippen LogP contribution >= 0.6 is 34.0 Å². The number of aromatic nitrogens is 13.